The van der Waals surface area contributed by atoms with Crippen molar-refractivity contribution in [2.24, 2.45) is 5.73 Å². The Balaban J connectivity index is 2.44. The van der Waals surface area contributed by atoms with Gasteiger partial charge < -0.3 is 10.5 Å². The minimum Gasteiger partial charge on any atom is -0.377 e. The van der Waals surface area contributed by atoms with E-state index in [1.165, 1.54) is 0 Å². The van der Waals surface area contributed by atoms with Crippen LogP contribution in [0.3, 0.4) is 0 Å². The van der Waals surface area contributed by atoms with Gasteiger partial charge in [0.1, 0.15) is 0 Å². The van der Waals surface area contributed by atoms with E-state index in [9.17, 15) is 0 Å². The van der Waals surface area contributed by atoms with E-state index in [0.29, 0.717) is 12.7 Å². The quantitative estimate of drug-likeness (QED) is 0.499. The molecule has 8 heavy (non-hydrogen) atoms. The molecule has 2 N–H and O–H groups in total. The lowest BCUT2D eigenvalue weighted by molar-refractivity contribution is 0.118. The van der Waals surface area contributed by atoms with Gasteiger partial charge in [-0.25, -0.2) is 0 Å². The molecular formula is C6H13NO. The van der Waals surface area contributed by atoms with E-state index in [0.717, 1.165) is 6.42 Å². The second kappa shape index (κ2) is 1.71. The van der Waals surface area contributed by atoms with Crippen molar-refractivity contribution >= 4 is 0 Å². The van der Waals surface area contributed by atoms with Crippen LogP contribution >= 0.6 is 0 Å². The molecule has 1 aliphatic rings. The van der Waals surface area contributed by atoms with Gasteiger partial charge in [0.15, 0.2) is 0 Å². The highest BCUT2D eigenvalue weighted by Crippen LogP contribution is 2.19. The molecule has 0 radical (unpaired) electrons. The van der Waals surface area contributed by atoms with Crippen molar-refractivity contribution in [3.05, 3.63) is 0 Å². The summed E-state index contributed by atoms with van der Waals surface area (Å²) in [4.78, 5) is 0. The van der Waals surface area contributed by atoms with Crippen LogP contribution in [0.1, 0.15) is 20.3 Å². The Labute approximate surface area is 50.0 Å². The maximum Gasteiger partial charge on any atom is 0.0648 e. The lowest BCUT2D eigenvalue weighted by Crippen LogP contribution is -2.36. The SMILES string of the molecule is C[C@@H]1C[C@](C)(N)CO1. The molecule has 1 saturated heterocycles. The Kier molecular flexibility index (Phi) is 1.29. The van der Waals surface area contributed by atoms with Gasteiger partial charge in [-0.05, 0) is 20.3 Å². The van der Waals surface area contributed by atoms with Crippen molar-refractivity contribution in [1.29, 1.82) is 0 Å². The molecule has 1 fully saturated rings. The first kappa shape index (κ1) is 6.05. The van der Waals surface area contributed by atoms with Gasteiger partial charge in [0.2, 0.25) is 0 Å². The largest absolute Gasteiger partial charge is 0.377 e. The Morgan fingerprint density at radius 3 is 2.50 bits per heavy atom. The highest BCUT2D eigenvalue weighted by atomic mass is 16.5. The van der Waals surface area contributed by atoms with Crippen LogP contribution in [0.2, 0.25) is 0 Å². The van der Waals surface area contributed by atoms with Crippen LogP contribution in [-0.4, -0.2) is 18.2 Å². The van der Waals surface area contributed by atoms with E-state index in [1.807, 2.05) is 6.92 Å². The predicted octanol–water partition coefficient (Wildman–Crippen LogP) is 0.513. The first-order valence-electron chi connectivity index (χ1n) is 3.01. The lowest BCUT2D eigenvalue weighted by atomic mass is 10.0. The maximum atomic E-state index is 5.74. The normalized spacial score (nSPS) is 47.6. The predicted molar refractivity (Wildman–Crippen MR) is 32.6 cm³/mol. The van der Waals surface area contributed by atoms with E-state index in [-0.39, 0.29) is 5.54 Å². The third-order valence-electron chi connectivity index (χ3n) is 1.45. The number of ether oxygens (including phenoxy) is 1. The van der Waals surface area contributed by atoms with Crippen molar-refractivity contribution in [2.75, 3.05) is 6.61 Å². The monoisotopic (exact) mass is 115 g/mol. The van der Waals surface area contributed by atoms with Crippen LogP contribution in [0.15, 0.2) is 0 Å². The van der Waals surface area contributed by atoms with Gasteiger partial charge in [0.05, 0.1) is 12.7 Å². The summed E-state index contributed by atoms with van der Waals surface area (Å²) < 4.78 is 5.24. The van der Waals surface area contributed by atoms with Gasteiger partial charge in [-0.15, -0.1) is 0 Å². The molecule has 0 unspecified atom stereocenters. The lowest BCUT2D eigenvalue weighted by Gasteiger charge is -2.12. The van der Waals surface area contributed by atoms with Crippen molar-refractivity contribution in [2.45, 2.75) is 31.9 Å². The van der Waals surface area contributed by atoms with Crippen LogP contribution in [0.5, 0.6) is 0 Å². The van der Waals surface area contributed by atoms with E-state index in [4.69, 9.17) is 10.5 Å². The zero-order valence-electron chi connectivity index (χ0n) is 5.48. The standard InChI is InChI=1S/C6H13NO/c1-5-3-6(2,7)4-8-5/h5H,3-4,7H2,1-2H3/t5-,6+/m1/s1. The molecular weight excluding hydrogens is 102 g/mol. The number of hydrogen-bond acceptors (Lipinski definition) is 2. The Bertz CT molecular complexity index is 90.5. The smallest absolute Gasteiger partial charge is 0.0648 e. The van der Waals surface area contributed by atoms with Gasteiger partial charge in [-0.1, -0.05) is 0 Å². The Hall–Kier alpha value is -0.0800. The van der Waals surface area contributed by atoms with Gasteiger partial charge in [0, 0.05) is 5.54 Å². The van der Waals surface area contributed by atoms with E-state index in [1.54, 1.807) is 0 Å². The molecule has 0 aromatic heterocycles. The second-order valence-corrected chi connectivity index (χ2v) is 2.98. The number of rotatable bonds is 0. The average molecular weight is 115 g/mol. The summed E-state index contributed by atoms with van der Waals surface area (Å²) in [6.45, 7) is 4.79. The Morgan fingerprint density at radius 1 is 1.75 bits per heavy atom. The van der Waals surface area contributed by atoms with Crippen molar-refractivity contribution < 1.29 is 4.74 Å². The fourth-order valence-corrected chi connectivity index (χ4v) is 1.11. The molecule has 0 spiro atoms. The van der Waals surface area contributed by atoms with Crippen molar-refractivity contribution in [3.63, 3.8) is 0 Å². The topological polar surface area (TPSA) is 35.2 Å². The molecule has 0 aromatic carbocycles. The molecule has 48 valence electrons. The van der Waals surface area contributed by atoms with Crippen LogP contribution in [-0.2, 0) is 4.74 Å². The van der Waals surface area contributed by atoms with Crippen molar-refractivity contribution in [3.8, 4) is 0 Å². The van der Waals surface area contributed by atoms with Gasteiger partial charge in [-0.2, -0.15) is 0 Å². The van der Waals surface area contributed by atoms with Crippen LogP contribution in [0.4, 0.5) is 0 Å². The molecule has 1 aliphatic heterocycles. The molecule has 0 amide bonds. The fourth-order valence-electron chi connectivity index (χ4n) is 1.11. The minimum absolute atomic E-state index is 0.0561. The summed E-state index contributed by atoms with van der Waals surface area (Å²) >= 11 is 0. The fraction of sp³-hybridized carbons (Fsp3) is 1.00. The molecule has 2 nitrogen and oxygen atoms in total. The molecule has 0 saturated carbocycles. The zero-order valence-corrected chi connectivity index (χ0v) is 5.48. The average Bonchev–Trinajstić information content (AvgIpc) is 1.82. The second-order valence-electron chi connectivity index (χ2n) is 2.98. The summed E-state index contributed by atoms with van der Waals surface area (Å²) in [5, 5.41) is 0. The molecule has 2 heteroatoms. The van der Waals surface area contributed by atoms with Gasteiger partial charge in [0.25, 0.3) is 0 Å². The highest BCUT2D eigenvalue weighted by molar-refractivity contribution is 4.86. The summed E-state index contributed by atoms with van der Waals surface area (Å²) in [5.74, 6) is 0. The van der Waals surface area contributed by atoms with E-state index < -0.39 is 0 Å². The minimum atomic E-state index is -0.0561. The molecule has 1 rings (SSSR count). The molecule has 0 aliphatic carbocycles. The molecule has 2 atom stereocenters. The summed E-state index contributed by atoms with van der Waals surface area (Å²) in [5.41, 5.74) is 5.69. The van der Waals surface area contributed by atoms with Crippen molar-refractivity contribution in [1.82, 2.24) is 0 Å². The molecule has 0 aromatic rings. The summed E-state index contributed by atoms with van der Waals surface area (Å²) in [6.07, 6.45) is 1.36. The number of hydrogen-bond donors (Lipinski definition) is 1. The third kappa shape index (κ3) is 1.20. The first-order chi connectivity index (χ1) is 3.60. The maximum absolute atomic E-state index is 5.74. The highest BCUT2D eigenvalue weighted by Gasteiger charge is 2.29. The molecule has 0 bridgehead atoms. The zero-order chi connectivity index (χ0) is 6.20. The third-order valence-corrected chi connectivity index (χ3v) is 1.45. The number of nitrogens with two attached hydrogens (primary N) is 1. The van der Waals surface area contributed by atoms with Gasteiger partial charge in [-0.3, -0.25) is 0 Å². The van der Waals surface area contributed by atoms with Crippen LogP contribution in [0.25, 0.3) is 0 Å². The van der Waals surface area contributed by atoms with E-state index in [2.05, 4.69) is 6.92 Å². The van der Waals surface area contributed by atoms with E-state index >= 15 is 0 Å². The van der Waals surface area contributed by atoms with Gasteiger partial charge >= 0.3 is 0 Å². The first-order valence-corrected chi connectivity index (χ1v) is 3.01. The van der Waals surface area contributed by atoms with Crippen LogP contribution in [0, 0.1) is 0 Å². The molecule has 1 heterocycles. The Morgan fingerprint density at radius 2 is 2.38 bits per heavy atom. The summed E-state index contributed by atoms with van der Waals surface area (Å²) in [6, 6.07) is 0. The van der Waals surface area contributed by atoms with Crippen LogP contribution < -0.4 is 5.73 Å². The summed E-state index contributed by atoms with van der Waals surface area (Å²) in [7, 11) is 0.